The van der Waals surface area contributed by atoms with Crippen LogP contribution in [0.5, 0.6) is 5.75 Å². The lowest BCUT2D eigenvalue weighted by Gasteiger charge is -2.12. The van der Waals surface area contributed by atoms with E-state index in [4.69, 9.17) is 4.74 Å². The number of hydrogen-bond donors (Lipinski definition) is 2. The zero-order chi connectivity index (χ0) is 21.7. The van der Waals surface area contributed by atoms with Crippen LogP contribution in [0.4, 0.5) is 10.1 Å². The van der Waals surface area contributed by atoms with Gasteiger partial charge in [0.2, 0.25) is 10.0 Å². The van der Waals surface area contributed by atoms with Gasteiger partial charge in [-0.1, -0.05) is 42.0 Å². The van der Waals surface area contributed by atoms with Crippen molar-refractivity contribution < 1.29 is 22.3 Å². The molecule has 0 aromatic heterocycles. The van der Waals surface area contributed by atoms with Gasteiger partial charge < -0.3 is 10.1 Å². The molecule has 0 radical (unpaired) electrons. The van der Waals surface area contributed by atoms with Crippen LogP contribution in [0.15, 0.2) is 71.6 Å². The van der Waals surface area contributed by atoms with Crippen LogP contribution in [0, 0.1) is 12.7 Å². The van der Waals surface area contributed by atoms with E-state index in [0.717, 1.165) is 29.3 Å². The van der Waals surface area contributed by atoms with Gasteiger partial charge in [0.15, 0.2) is 0 Å². The van der Waals surface area contributed by atoms with Crippen molar-refractivity contribution in [3.8, 4) is 5.75 Å². The molecule has 3 aromatic rings. The number of ether oxygens (including phenoxy) is 1. The van der Waals surface area contributed by atoms with E-state index in [1.807, 2.05) is 31.2 Å². The van der Waals surface area contributed by atoms with Gasteiger partial charge in [0.05, 0.1) is 23.3 Å². The molecule has 6 nitrogen and oxygen atoms in total. The molecule has 8 heteroatoms. The number of hydrogen-bond acceptors (Lipinski definition) is 4. The minimum Gasteiger partial charge on any atom is -0.495 e. The number of carbonyl (C=O) groups excluding carboxylic acids is 1. The van der Waals surface area contributed by atoms with Crippen LogP contribution in [-0.2, 0) is 16.6 Å². The smallest absolute Gasteiger partial charge is 0.258 e. The van der Waals surface area contributed by atoms with Crippen LogP contribution < -0.4 is 14.8 Å². The first-order valence-electron chi connectivity index (χ1n) is 9.09. The van der Waals surface area contributed by atoms with E-state index in [1.54, 1.807) is 24.3 Å². The predicted octanol–water partition coefficient (Wildman–Crippen LogP) is 3.87. The molecular weight excluding hydrogens is 407 g/mol. The van der Waals surface area contributed by atoms with Gasteiger partial charge in [-0.2, -0.15) is 0 Å². The Balaban J connectivity index is 1.81. The van der Waals surface area contributed by atoms with Crippen molar-refractivity contribution >= 4 is 21.6 Å². The number of sulfonamides is 1. The van der Waals surface area contributed by atoms with Gasteiger partial charge in [0.25, 0.3) is 5.91 Å². The van der Waals surface area contributed by atoms with Crippen LogP contribution >= 0.6 is 0 Å². The summed E-state index contributed by atoms with van der Waals surface area (Å²) in [6.07, 6.45) is 0. The molecule has 3 aromatic carbocycles. The van der Waals surface area contributed by atoms with Crippen LogP contribution in [-0.4, -0.2) is 21.4 Å². The summed E-state index contributed by atoms with van der Waals surface area (Å²) in [6.45, 7) is 2.01. The second kappa shape index (κ2) is 9.06. The Morgan fingerprint density at radius 3 is 2.43 bits per heavy atom. The van der Waals surface area contributed by atoms with E-state index >= 15 is 0 Å². The van der Waals surface area contributed by atoms with Gasteiger partial charge in [0, 0.05) is 6.54 Å². The third-order valence-corrected chi connectivity index (χ3v) is 5.83. The molecule has 3 rings (SSSR count). The van der Waals surface area contributed by atoms with Crippen LogP contribution in [0.2, 0.25) is 0 Å². The van der Waals surface area contributed by atoms with Crippen molar-refractivity contribution in [1.82, 2.24) is 4.72 Å². The lowest BCUT2D eigenvalue weighted by Crippen LogP contribution is -2.24. The molecule has 2 N–H and O–H groups in total. The third kappa shape index (κ3) is 5.03. The maximum Gasteiger partial charge on any atom is 0.258 e. The molecule has 0 spiro atoms. The molecule has 0 aliphatic carbocycles. The average Bonchev–Trinajstić information content (AvgIpc) is 2.74. The first-order chi connectivity index (χ1) is 14.3. The van der Waals surface area contributed by atoms with E-state index < -0.39 is 21.7 Å². The number of amides is 1. The highest BCUT2D eigenvalue weighted by molar-refractivity contribution is 7.89. The quantitative estimate of drug-likeness (QED) is 0.598. The number of aryl methyl sites for hydroxylation is 1. The van der Waals surface area contributed by atoms with Gasteiger partial charge >= 0.3 is 0 Å². The van der Waals surface area contributed by atoms with Crippen molar-refractivity contribution in [1.29, 1.82) is 0 Å². The van der Waals surface area contributed by atoms with Crippen molar-refractivity contribution in [3.05, 3.63) is 89.2 Å². The number of nitrogens with one attached hydrogen (secondary N) is 2. The fourth-order valence-electron chi connectivity index (χ4n) is 2.75. The number of methoxy groups -OCH3 is 1. The fraction of sp³-hybridized carbons (Fsp3) is 0.136. The highest BCUT2D eigenvalue weighted by Crippen LogP contribution is 2.24. The lowest BCUT2D eigenvalue weighted by molar-refractivity contribution is 0.102. The molecule has 30 heavy (non-hydrogen) atoms. The van der Waals surface area contributed by atoms with Crippen molar-refractivity contribution in [2.45, 2.75) is 18.4 Å². The Bertz CT molecular complexity index is 1160. The summed E-state index contributed by atoms with van der Waals surface area (Å²) >= 11 is 0. The van der Waals surface area contributed by atoms with E-state index in [2.05, 4.69) is 10.0 Å². The monoisotopic (exact) mass is 428 g/mol. The zero-order valence-corrected chi connectivity index (χ0v) is 17.3. The van der Waals surface area contributed by atoms with Crippen molar-refractivity contribution in [2.75, 3.05) is 12.4 Å². The maximum atomic E-state index is 14.3. The summed E-state index contributed by atoms with van der Waals surface area (Å²) in [4.78, 5) is 12.4. The lowest BCUT2D eigenvalue weighted by atomic mass is 10.2. The largest absolute Gasteiger partial charge is 0.495 e. The van der Waals surface area contributed by atoms with Crippen LogP contribution in [0.3, 0.4) is 0 Å². The third-order valence-electron chi connectivity index (χ3n) is 4.43. The molecule has 0 saturated heterocycles. The van der Waals surface area contributed by atoms with Crippen molar-refractivity contribution in [3.63, 3.8) is 0 Å². The fourth-order valence-corrected chi connectivity index (χ4v) is 3.79. The average molecular weight is 428 g/mol. The molecule has 0 atom stereocenters. The van der Waals surface area contributed by atoms with E-state index in [0.29, 0.717) is 11.4 Å². The molecule has 1 amide bonds. The van der Waals surface area contributed by atoms with Gasteiger partial charge in [-0.3, -0.25) is 4.79 Å². The highest BCUT2D eigenvalue weighted by atomic mass is 32.2. The molecule has 0 heterocycles. The zero-order valence-electron chi connectivity index (χ0n) is 16.5. The molecular formula is C22H21FN2O4S. The standard InChI is InChI=1S/C22H21FN2O4S/c1-15-7-9-16(10-8-15)14-24-30(27,28)17-11-12-19(23)18(13-17)22(26)25-20-5-3-4-6-21(20)29-2/h3-13,24H,14H2,1-2H3,(H,25,26). The number of anilines is 1. The maximum absolute atomic E-state index is 14.3. The SMILES string of the molecule is COc1ccccc1NC(=O)c1cc(S(=O)(=O)NCc2ccc(C)cc2)ccc1F. The van der Waals surface area contributed by atoms with E-state index in [1.165, 1.54) is 7.11 Å². The number of benzene rings is 3. The normalized spacial score (nSPS) is 11.2. The molecule has 0 saturated carbocycles. The Morgan fingerprint density at radius 1 is 1.03 bits per heavy atom. The minimum absolute atomic E-state index is 0.0722. The summed E-state index contributed by atoms with van der Waals surface area (Å²) in [5.41, 5.74) is 1.79. The van der Waals surface area contributed by atoms with E-state index in [-0.39, 0.29) is 17.0 Å². The number of para-hydroxylation sites is 2. The number of carbonyl (C=O) groups is 1. The Labute approximate surface area is 174 Å². The summed E-state index contributed by atoms with van der Waals surface area (Å²) in [6, 6.07) is 17.1. The van der Waals surface area contributed by atoms with Crippen molar-refractivity contribution in [2.24, 2.45) is 0 Å². The highest BCUT2D eigenvalue weighted by Gasteiger charge is 2.20. The molecule has 0 unspecified atom stereocenters. The van der Waals surface area contributed by atoms with E-state index in [9.17, 15) is 17.6 Å². The van der Waals surface area contributed by atoms with Crippen LogP contribution in [0.1, 0.15) is 21.5 Å². The summed E-state index contributed by atoms with van der Waals surface area (Å²) in [5.74, 6) is -1.22. The molecule has 0 aliphatic heterocycles. The molecule has 156 valence electrons. The van der Waals surface area contributed by atoms with Crippen LogP contribution in [0.25, 0.3) is 0 Å². The summed E-state index contributed by atoms with van der Waals surface area (Å²) in [7, 11) is -2.51. The Hall–Kier alpha value is -3.23. The van der Waals surface area contributed by atoms with Gasteiger partial charge in [0.1, 0.15) is 11.6 Å². The molecule has 0 aliphatic rings. The van der Waals surface area contributed by atoms with Gasteiger partial charge in [-0.05, 0) is 42.8 Å². The summed E-state index contributed by atoms with van der Waals surface area (Å²) < 4.78 is 47.2. The second-order valence-electron chi connectivity index (χ2n) is 6.61. The first kappa shape index (κ1) is 21.5. The number of rotatable bonds is 7. The number of halogens is 1. The topological polar surface area (TPSA) is 84.5 Å². The summed E-state index contributed by atoms with van der Waals surface area (Å²) in [5, 5.41) is 2.54. The Kier molecular flexibility index (Phi) is 6.49. The first-order valence-corrected chi connectivity index (χ1v) is 10.6. The van der Waals surface area contributed by atoms with Gasteiger partial charge in [-0.15, -0.1) is 0 Å². The molecule has 0 fully saturated rings. The minimum atomic E-state index is -3.95. The van der Waals surface area contributed by atoms with Gasteiger partial charge in [-0.25, -0.2) is 17.5 Å². The molecule has 0 bridgehead atoms. The Morgan fingerprint density at radius 2 is 1.73 bits per heavy atom. The second-order valence-corrected chi connectivity index (χ2v) is 8.37. The predicted molar refractivity (Wildman–Crippen MR) is 113 cm³/mol.